The van der Waals surface area contributed by atoms with Crippen molar-refractivity contribution in [2.24, 2.45) is 0 Å². The van der Waals surface area contributed by atoms with Crippen LogP contribution in [0, 0.1) is 0 Å². The summed E-state index contributed by atoms with van der Waals surface area (Å²) in [6.07, 6.45) is 0. The van der Waals surface area contributed by atoms with Gasteiger partial charge in [-0.3, -0.25) is 0 Å². The van der Waals surface area contributed by atoms with Crippen molar-refractivity contribution in [3.05, 3.63) is 21.7 Å². The number of aromatic carboxylic acids is 1. The lowest BCUT2D eigenvalue weighted by Crippen LogP contribution is -2.06. The summed E-state index contributed by atoms with van der Waals surface area (Å²) in [5.41, 5.74) is -0.252. The van der Waals surface area contributed by atoms with Gasteiger partial charge in [0.25, 0.3) is 0 Å². The van der Waals surface area contributed by atoms with Crippen molar-refractivity contribution in [2.75, 3.05) is 0 Å². The second-order valence-electron chi connectivity index (χ2n) is 3.00. The second-order valence-corrected chi connectivity index (χ2v) is 3.71. The molecule has 0 fully saturated rings. The summed E-state index contributed by atoms with van der Waals surface area (Å²) in [7, 11) is 0. The van der Waals surface area contributed by atoms with Crippen molar-refractivity contribution in [3.63, 3.8) is 0 Å². The van der Waals surface area contributed by atoms with Crippen LogP contribution < -0.4 is 0 Å². The molecule has 0 saturated carbocycles. The number of rotatable bonds is 2. The van der Waals surface area contributed by atoms with Crippen LogP contribution in [0.3, 0.4) is 0 Å². The zero-order chi connectivity index (χ0) is 10.9. The van der Waals surface area contributed by atoms with Crippen LogP contribution in [0.5, 0.6) is 0 Å². The van der Waals surface area contributed by atoms with Gasteiger partial charge in [-0.25, -0.2) is 14.8 Å². The van der Waals surface area contributed by atoms with Crippen LogP contribution in [-0.4, -0.2) is 21.0 Å². The molecule has 0 amide bonds. The molecular formula is C8H8Cl2N2O2. The van der Waals surface area contributed by atoms with Crippen molar-refractivity contribution >= 4 is 29.2 Å². The minimum atomic E-state index is -1.23. The van der Waals surface area contributed by atoms with E-state index in [0.717, 1.165) is 0 Å². The Morgan fingerprint density at radius 2 is 1.71 bits per heavy atom. The molecule has 0 aromatic carbocycles. The second kappa shape index (κ2) is 4.11. The summed E-state index contributed by atoms with van der Waals surface area (Å²) in [5, 5.41) is 8.48. The van der Waals surface area contributed by atoms with Gasteiger partial charge in [-0.15, -0.1) is 0 Å². The maximum absolute atomic E-state index is 10.7. The van der Waals surface area contributed by atoms with E-state index in [4.69, 9.17) is 28.3 Å². The fourth-order valence-electron chi connectivity index (χ4n) is 0.858. The molecule has 1 N–H and O–H groups in total. The van der Waals surface area contributed by atoms with Crippen molar-refractivity contribution in [1.29, 1.82) is 0 Å². The van der Waals surface area contributed by atoms with E-state index in [1.807, 2.05) is 13.8 Å². The molecule has 0 bridgehead atoms. The standard InChI is InChI=1S/C8H8Cl2N2O2/c1-3(2)7-11-5(9)4(8(13)14)6(10)12-7/h3H,1-2H3,(H,13,14). The monoisotopic (exact) mass is 234 g/mol. The highest BCUT2D eigenvalue weighted by atomic mass is 35.5. The summed E-state index contributed by atoms with van der Waals surface area (Å²) >= 11 is 11.3. The van der Waals surface area contributed by atoms with Crippen molar-refractivity contribution < 1.29 is 9.90 Å². The SMILES string of the molecule is CC(C)c1nc(Cl)c(C(=O)O)c(Cl)n1. The number of halogens is 2. The van der Waals surface area contributed by atoms with Crippen LogP contribution in [0.2, 0.25) is 10.3 Å². The average Bonchev–Trinajstić information content (AvgIpc) is 2.01. The molecule has 0 unspecified atom stereocenters. The fourth-order valence-corrected chi connectivity index (χ4v) is 1.42. The molecule has 1 aromatic rings. The topological polar surface area (TPSA) is 63.1 Å². The zero-order valence-electron chi connectivity index (χ0n) is 7.58. The molecule has 0 aliphatic heterocycles. The molecule has 1 heterocycles. The molecule has 76 valence electrons. The Hall–Kier alpha value is -0.870. The molecule has 14 heavy (non-hydrogen) atoms. The third-order valence-corrected chi connectivity index (χ3v) is 2.12. The van der Waals surface area contributed by atoms with Crippen molar-refractivity contribution in [2.45, 2.75) is 19.8 Å². The summed E-state index contributed by atoms with van der Waals surface area (Å²) in [4.78, 5) is 18.4. The van der Waals surface area contributed by atoms with Crippen LogP contribution in [0.1, 0.15) is 35.9 Å². The van der Waals surface area contributed by atoms with Gasteiger partial charge in [-0.05, 0) is 0 Å². The first kappa shape index (κ1) is 11.2. The molecule has 1 rings (SSSR count). The Labute approximate surface area is 90.9 Å². The first-order chi connectivity index (χ1) is 6.43. The number of carboxylic acids is 1. The lowest BCUT2D eigenvalue weighted by atomic mass is 10.2. The van der Waals surface area contributed by atoms with E-state index in [-0.39, 0.29) is 21.8 Å². The smallest absolute Gasteiger partial charge is 0.342 e. The van der Waals surface area contributed by atoms with Gasteiger partial charge < -0.3 is 5.11 Å². The van der Waals surface area contributed by atoms with Crippen molar-refractivity contribution in [1.82, 2.24) is 9.97 Å². The van der Waals surface area contributed by atoms with E-state index >= 15 is 0 Å². The van der Waals surface area contributed by atoms with E-state index in [1.54, 1.807) is 0 Å². The normalized spacial score (nSPS) is 10.6. The Balaban J connectivity index is 3.32. The maximum Gasteiger partial charge on any atom is 0.342 e. The van der Waals surface area contributed by atoms with Crippen LogP contribution in [-0.2, 0) is 0 Å². The lowest BCUT2D eigenvalue weighted by molar-refractivity contribution is 0.0696. The number of hydrogen-bond acceptors (Lipinski definition) is 3. The number of hydrogen-bond donors (Lipinski definition) is 1. The first-order valence-corrected chi connectivity index (χ1v) is 4.65. The maximum atomic E-state index is 10.7. The quantitative estimate of drug-likeness (QED) is 0.800. The van der Waals surface area contributed by atoms with E-state index in [9.17, 15) is 4.79 Å². The predicted octanol–water partition coefficient (Wildman–Crippen LogP) is 2.61. The van der Waals surface area contributed by atoms with Crippen molar-refractivity contribution in [3.8, 4) is 0 Å². The van der Waals surface area contributed by atoms with E-state index in [1.165, 1.54) is 0 Å². The van der Waals surface area contributed by atoms with Gasteiger partial charge in [-0.1, -0.05) is 37.0 Å². The minimum absolute atomic E-state index is 0.0489. The summed E-state index contributed by atoms with van der Waals surface area (Å²) < 4.78 is 0. The molecule has 0 atom stereocenters. The van der Waals surface area contributed by atoms with Crippen LogP contribution in [0.4, 0.5) is 0 Å². The largest absolute Gasteiger partial charge is 0.477 e. The molecule has 6 heteroatoms. The molecule has 0 spiro atoms. The molecule has 0 aliphatic rings. The van der Waals surface area contributed by atoms with Gasteiger partial charge in [0.2, 0.25) is 0 Å². The van der Waals surface area contributed by atoms with Gasteiger partial charge >= 0.3 is 5.97 Å². The van der Waals surface area contributed by atoms with Gasteiger partial charge in [0.15, 0.2) is 0 Å². The fraction of sp³-hybridized carbons (Fsp3) is 0.375. The van der Waals surface area contributed by atoms with Crippen LogP contribution in [0.15, 0.2) is 0 Å². The van der Waals surface area contributed by atoms with E-state index in [0.29, 0.717) is 5.82 Å². The number of nitrogens with zero attached hydrogens (tertiary/aromatic N) is 2. The molecule has 4 nitrogen and oxygen atoms in total. The third-order valence-electron chi connectivity index (χ3n) is 1.57. The van der Waals surface area contributed by atoms with Crippen LogP contribution >= 0.6 is 23.2 Å². The molecule has 0 radical (unpaired) electrons. The average molecular weight is 235 g/mol. The van der Waals surface area contributed by atoms with Gasteiger partial charge in [0.1, 0.15) is 21.7 Å². The number of carboxylic acid groups (broad SMARTS) is 1. The summed E-state index contributed by atoms with van der Waals surface area (Å²) in [6.45, 7) is 3.73. The highest BCUT2D eigenvalue weighted by Crippen LogP contribution is 2.23. The molecular weight excluding hydrogens is 227 g/mol. The zero-order valence-corrected chi connectivity index (χ0v) is 9.10. The Kier molecular flexibility index (Phi) is 3.29. The first-order valence-electron chi connectivity index (χ1n) is 3.89. The minimum Gasteiger partial charge on any atom is -0.477 e. The Morgan fingerprint density at radius 1 is 1.29 bits per heavy atom. The van der Waals surface area contributed by atoms with Gasteiger partial charge in [-0.2, -0.15) is 0 Å². The van der Waals surface area contributed by atoms with Crippen LogP contribution in [0.25, 0.3) is 0 Å². The predicted molar refractivity (Wildman–Crippen MR) is 53.1 cm³/mol. The highest BCUT2D eigenvalue weighted by molar-refractivity contribution is 6.37. The Morgan fingerprint density at radius 3 is 2.00 bits per heavy atom. The molecule has 1 aromatic heterocycles. The Bertz CT molecular complexity index is 357. The molecule has 0 aliphatic carbocycles. The number of carbonyl (C=O) groups is 1. The van der Waals surface area contributed by atoms with Gasteiger partial charge in [0.05, 0.1) is 0 Å². The summed E-state index contributed by atoms with van der Waals surface area (Å²) in [5.74, 6) is -0.742. The summed E-state index contributed by atoms with van der Waals surface area (Å²) in [6, 6.07) is 0. The van der Waals surface area contributed by atoms with E-state index < -0.39 is 5.97 Å². The third kappa shape index (κ3) is 2.13. The molecule has 0 saturated heterocycles. The van der Waals surface area contributed by atoms with E-state index in [2.05, 4.69) is 9.97 Å². The number of aromatic nitrogens is 2. The highest BCUT2D eigenvalue weighted by Gasteiger charge is 2.18. The lowest BCUT2D eigenvalue weighted by Gasteiger charge is -2.06. The van der Waals surface area contributed by atoms with Gasteiger partial charge in [0, 0.05) is 5.92 Å².